The molecule has 0 heterocycles. The molecule has 3 heteroatoms. The second kappa shape index (κ2) is 14.8. The molecule has 1 fully saturated rings. The normalized spacial score (nSPS) is 29.0. The fourth-order valence-corrected chi connectivity index (χ4v) is 2.74. The molecule has 1 radical (unpaired) electrons. The Morgan fingerprint density at radius 1 is 0.636 bits per heavy atom. The third-order valence-electron chi connectivity index (χ3n) is 4.75. The van der Waals surface area contributed by atoms with E-state index in [0.29, 0.717) is 7.92 Å². The molecule has 2 rings (SSSR count). The van der Waals surface area contributed by atoms with Gasteiger partial charge in [0.15, 0.2) is 0 Å². The Hall–Kier alpha value is 0.259. The van der Waals surface area contributed by atoms with E-state index in [1.54, 1.807) is 0 Å². The monoisotopic (exact) mass is 504 g/mol. The van der Waals surface area contributed by atoms with E-state index in [4.69, 9.17) is 0 Å². The summed E-state index contributed by atoms with van der Waals surface area (Å²) in [6.45, 7) is 18.7. The van der Waals surface area contributed by atoms with Gasteiger partial charge in [0, 0.05) is 20.1 Å². The summed E-state index contributed by atoms with van der Waals surface area (Å²) in [5.74, 6) is 4.68. The first-order chi connectivity index (χ1) is 9.29. The van der Waals surface area contributed by atoms with E-state index in [-0.39, 0.29) is 25.6 Å². The summed E-state index contributed by atoms with van der Waals surface area (Å²) in [7, 11) is 0.380. The fourth-order valence-electron chi connectivity index (χ4n) is 2.74. The third kappa shape index (κ3) is 10.9. The van der Waals surface area contributed by atoms with Gasteiger partial charge in [-0.1, -0.05) is 34.6 Å². The van der Waals surface area contributed by atoms with Crippen LogP contribution in [0.25, 0.3) is 0 Å². The zero-order valence-corrected chi connectivity index (χ0v) is 18.8. The molecule has 1 aromatic carbocycles. The van der Waals surface area contributed by atoms with Gasteiger partial charge in [0.25, 0.3) is 0 Å². The van der Waals surface area contributed by atoms with Crippen LogP contribution >= 0.6 is 7.92 Å². The summed E-state index contributed by atoms with van der Waals surface area (Å²) in [5, 5.41) is 0. The van der Waals surface area contributed by atoms with Gasteiger partial charge >= 0.3 is 0 Å². The molecule has 0 amide bonds. The van der Waals surface area contributed by atoms with Gasteiger partial charge in [-0.15, -0.1) is 7.92 Å². The summed E-state index contributed by atoms with van der Waals surface area (Å²) in [5.41, 5.74) is 0. The Bertz CT molecular complexity index is 257. The predicted octanol–water partition coefficient (Wildman–Crippen LogP) is 5.20. The molecular weight excluding hydrogens is 467 g/mol. The molecule has 0 aliphatic heterocycles. The van der Waals surface area contributed by atoms with Crippen LogP contribution in [0.1, 0.15) is 34.6 Å². The van der Waals surface area contributed by atoms with Crippen LogP contribution in [0.3, 0.4) is 0 Å². The van der Waals surface area contributed by atoms with Crippen molar-refractivity contribution in [2.75, 3.05) is 20.0 Å². The van der Waals surface area contributed by atoms with E-state index in [2.05, 4.69) is 60.7 Å². The molecule has 0 atom stereocenters. The Morgan fingerprint density at radius 2 is 0.864 bits per heavy atom. The van der Waals surface area contributed by atoms with E-state index in [1.807, 2.05) is 30.3 Å². The van der Waals surface area contributed by atoms with Crippen LogP contribution in [0.4, 0.5) is 0 Å². The smallest absolute Gasteiger partial charge is 0 e. The van der Waals surface area contributed by atoms with Gasteiger partial charge in [-0.25, -0.2) is 0 Å². The molecule has 0 spiro atoms. The molecule has 0 bridgehead atoms. The Kier molecular flexibility index (Phi) is 18.3. The summed E-state index contributed by atoms with van der Waals surface area (Å²) < 4.78 is 0. The first-order valence-electron chi connectivity index (χ1n) is 7.81. The molecule has 133 valence electrons. The summed E-state index contributed by atoms with van der Waals surface area (Å²) in [6.07, 6.45) is 0. The van der Waals surface area contributed by atoms with Crippen LogP contribution in [0.15, 0.2) is 30.3 Å². The van der Waals surface area contributed by atoms with E-state index in [0.717, 1.165) is 29.6 Å². The van der Waals surface area contributed by atoms with Crippen LogP contribution in [-0.4, -0.2) is 25.5 Å². The first kappa shape index (κ1) is 27.1. The maximum absolute atomic E-state index is 2.89. The zero-order valence-electron chi connectivity index (χ0n) is 15.6. The van der Waals surface area contributed by atoms with E-state index >= 15 is 0 Å². The molecule has 22 heavy (non-hydrogen) atoms. The van der Waals surface area contributed by atoms with Gasteiger partial charge in [0.1, 0.15) is 0 Å². The number of benzene rings is 1. The van der Waals surface area contributed by atoms with Crippen LogP contribution in [-0.2, 0) is 20.1 Å². The van der Waals surface area contributed by atoms with Crippen LogP contribution in [0, 0.1) is 35.7 Å². The fraction of sp³-hybridized carbons (Fsp3) is 0.684. The van der Waals surface area contributed by atoms with Crippen LogP contribution < -0.4 is 0 Å². The second-order valence-corrected chi connectivity index (χ2v) is 9.40. The zero-order chi connectivity index (χ0) is 15.7. The minimum atomic E-state index is 0. The summed E-state index contributed by atoms with van der Waals surface area (Å²) >= 11 is 0. The van der Waals surface area contributed by atoms with Crippen molar-refractivity contribution in [3.05, 3.63) is 36.4 Å². The Morgan fingerprint density at radius 3 is 0.955 bits per heavy atom. The molecular formula is C19H36IrOP-. The molecule has 1 aliphatic carbocycles. The van der Waals surface area contributed by atoms with Crippen LogP contribution in [0.2, 0.25) is 0 Å². The van der Waals surface area contributed by atoms with Gasteiger partial charge in [0.2, 0.25) is 0 Å². The average molecular weight is 504 g/mol. The quantitative estimate of drug-likeness (QED) is 0.344. The van der Waals surface area contributed by atoms with E-state index < -0.39 is 0 Å². The van der Waals surface area contributed by atoms with Gasteiger partial charge in [-0.3, -0.25) is 0 Å². The van der Waals surface area contributed by atoms with Gasteiger partial charge in [-0.2, -0.15) is 36.4 Å². The Labute approximate surface area is 154 Å². The second-order valence-electron chi connectivity index (χ2n) is 6.71. The van der Waals surface area contributed by atoms with Crippen molar-refractivity contribution in [2.45, 2.75) is 34.6 Å². The molecule has 0 unspecified atom stereocenters. The summed E-state index contributed by atoms with van der Waals surface area (Å²) in [6, 6.07) is 12.5. The van der Waals surface area contributed by atoms with E-state index in [9.17, 15) is 0 Å². The van der Waals surface area contributed by atoms with Crippen LogP contribution in [0.5, 0.6) is 0 Å². The SMILES string of the molecule is CC1C(C)C(C)C(C)C1C.CP(C)C.O.[Ir].[c-]1ccccc1. The van der Waals surface area contributed by atoms with E-state index in [1.165, 1.54) is 0 Å². The maximum atomic E-state index is 2.89. The van der Waals surface area contributed by atoms with Crippen molar-refractivity contribution in [3.63, 3.8) is 0 Å². The number of hydrogen-bond donors (Lipinski definition) is 0. The summed E-state index contributed by atoms with van der Waals surface area (Å²) in [4.78, 5) is 0. The molecule has 2 N–H and O–H groups in total. The van der Waals surface area contributed by atoms with Crippen molar-refractivity contribution >= 4 is 7.92 Å². The van der Waals surface area contributed by atoms with Crippen molar-refractivity contribution in [1.29, 1.82) is 0 Å². The molecule has 1 aromatic rings. The predicted molar refractivity (Wildman–Crippen MR) is 99.4 cm³/mol. The molecule has 1 nitrogen and oxygen atoms in total. The number of hydrogen-bond acceptors (Lipinski definition) is 0. The third-order valence-corrected chi connectivity index (χ3v) is 4.75. The Balaban J connectivity index is -0.000000261. The van der Waals surface area contributed by atoms with Crippen molar-refractivity contribution in [2.24, 2.45) is 29.6 Å². The minimum absolute atomic E-state index is 0. The first-order valence-corrected chi connectivity index (χ1v) is 10.5. The van der Waals surface area contributed by atoms with Crippen molar-refractivity contribution in [1.82, 2.24) is 0 Å². The largest absolute Gasteiger partial charge is 0.412 e. The molecule has 1 aliphatic rings. The standard InChI is InChI=1S/C10H20.C6H5.C3H9P.Ir.H2O/c1-6-7(2)9(4)10(5)8(6)3;1-2-4-6-5-3-1;1-4(2)3;;/h6-10H,1-5H3;1-5H;1-3H3;;1H2/q;-1;;;. The molecule has 0 aromatic heterocycles. The van der Waals surface area contributed by atoms with Gasteiger partial charge in [-0.05, 0) is 49.6 Å². The van der Waals surface area contributed by atoms with Crippen molar-refractivity contribution < 1.29 is 25.6 Å². The topological polar surface area (TPSA) is 31.5 Å². The number of rotatable bonds is 0. The molecule has 1 saturated carbocycles. The maximum Gasteiger partial charge on any atom is 0 e. The van der Waals surface area contributed by atoms with Crippen molar-refractivity contribution in [3.8, 4) is 0 Å². The minimum Gasteiger partial charge on any atom is -0.412 e. The average Bonchev–Trinajstić information content (AvgIpc) is 2.59. The van der Waals surface area contributed by atoms with Gasteiger partial charge in [0.05, 0.1) is 0 Å². The molecule has 0 saturated heterocycles. The van der Waals surface area contributed by atoms with Gasteiger partial charge < -0.3 is 5.48 Å².